The minimum absolute atomic E-state index is 0.160. The van der Waals surface area contributed by atoms with E-state index in [1.807, 2.05) is 44.2 Å². The first-order valence-corrected chi connectivity index (χ1v) is 14.2. The molecule has 0 spiro atoms. The number of β-lactam (4-membered cyclic amide) rings is 1. The standard InChI is InChI=1S/C29H37N2O5P/c1-6-13-24(21-15-11-10-12-16-21)30(5)28(33)31-26(32)29(8-3,9-4)27(31)36-23-19-17-22(18-20-23)25(14-7-2)37(34)35/h7,10-12,15-20,24-25,27H,2,6,8-9,13-14H2,1,3-5H3/p+1. The van der Waals surface area contributed by atoms with Gasteiger partial charge in [-0.15, -0.1) is 6.58 Å². The second-order valence-corrected chi connectivity index (χ2v) is 10.8. The zero-order valence-electron chi connectivity index (χ0n) is 22.2. The molecule has 1 aliphatic rings. The lowest BCUT2D eigenvalue weighted by molar-refractivity contribution is -0.192. The average Bonchev–Trinajstić information content (AvgIpc) is 2.91. The van der Waals surface area contributed by atoms with Crippen LogP contribution in [0.3, 0.4) is 0 Å². The van der Waals surface area contributed by atoms with Gasteiger partial charge in [0.25, 0.3) is 0 Å². The summed E-state index contributed by atoms with van der Waals surface area (Å²) >= 11 is 0. The first kappa shape index (κ1) is 28.5. The van der Waals surface area contributed by atoms with E-state index in [-0.39, 0.29) is 18.0 Å². The van der Waals surface area contributed by atoms with Crippen LogP contribution in [0, 0.1) is 5.41 Å². The SMILES string of the molecule is C=CCC(c1ccc(OC2N(C(=O)N(C)C(CCC)c3ccccc3)C(=O)C2(CC)CC)cc1)[P+](=O)O. The predicted molar refractivity (Wildman–Crippen MR) is 145 cm³/mol. The predicted octanol–water partition coefficient (Wildman–Crippen LogP) is 6.99. The largest absolute Gasteiger partial charge is 0.513 e. The molecule has 1 N–H and O–H groups in total. The lowest BCUT2D eigenvalue weighted by Crippen LogP contribution is -2.73. The average molecular weight is 526 g/mol. The molecule has 0 bridgehead atoms. The highest BCUT2D eigenvalue weighted by Crippen LogP contribution is 2.47. The minimum Gasteiger partial charge on any atom is -0.469 e. The van der Waals surface area contributed by atoms with Crippen LogP contribution >= 0.6 is 8.03 Å². The van der Waals surface area contributed by atoms with Crippen molar-refractivity contribution < 1.29 is 23.8 Å². The summed E-state index contributed by atoms with van der Waals surface area (Å²) in [5.74, 6) is 0.272. The normalized spacial score (nSPS) is 18.4. The molecular weight excluding hydrogens is 487 g/mol. The molecule has 37 heavy (non-hydrogen) atoms. The molecular formula is C29H38N2O5P+. The van der Waals surface area contributed by atoms with Gasteiger partial charge >= 0.3 is 14.1 Å². The van der Waals surface area contributed by atoms with Gasteiger partial charge in [-0.25, -0.2) is 9.69 Å². The summed E-state index contributed by atoms with van der Waals surface area (Å²) in [6, 6.07) is 16.2. The molecule has 1 heterocycles. The van der Waals surface area contributed by atoms with E-state index in [1.165, 1.54) is 4.90 Å². The number of nitrogens with zero attached hydrogens (tertiary/aromatic N) is 2. The van der Waals surface area contributed by atoms with E-state index in [0.717, 1.165) is 18.4 Å². The number of rotatable bonds is 12. The van der Waals surface area contributed by atoms with Crippen LogP contribution in [0.1, 0.15) is 75.7 Å². The fourth-order valence-electron chi connectivity index (χ4n) is 5.13. The first-order chi connectivity index (χ1) is 17.7. The topological polar surface area (TPSA) is 87.2 Å². The third kappa shape index (κ3) is 5.63. The fourth-order valence-corrected chi connectivity index (χ4v) is 5.89. The van der Waals surface area contributed by atoms with Crippen molar-refractivity contribution in [2.75, 3.05) is 7.05 Å². The molecule has 1 aliphatic heterocycles. The molecule has 0 saturated carbocycles. The lowest BCUT2D eigenvalue weighted by Gasteiger charge is -2.54. The maximum absolute atomic E-state index is 13.7. The second kappa shape index (κ2) is 12.5. The van der Waals surface area contributed by atoms with Crippen molar-refractivity contribution in [3.8, 4) is 5.75 Å². The summed E-state index contributed by atoms with van der Waals surface area (Å²) in [5.41, 5.74) is 0.394. The molecule has 0 aliphatic carbocycles. The smallest absolute Gasteiger partial charge is 0.469 e. The van der Waals surface area contributed by atoms with E-state index in [1.54, 1.807) is 42.3 Å². The quantitative estimate of drug-likeness (QED) is 0.183. The highest BCUT2D eigenvalue weighted by molar-refractivity contribution is 7.38. The second-order valence-electron chi connectivity index (χ2n) is 9.53. The molecule has 1 fully saturated rings. The van der Waals surface area contributed by atoms with Crippen LogP contribution in [0.5, 0.6) is 5.75 Å². The number of likely N-dealkylation sites (tertiary alicyclic amines) is 1. The van der Waals surface area contributed by atoms with Crippen LogP contribution in [0.4, 0.5) is 4.79 Å². The Kier molecular flexibility index (Phi) is 9.63. The Morgan fingerprint density at radius 1 is 1.14 bits per heavy atom. The van der Waals surface area contributed by atoms with Crippen LogP contribution in [0.15, 0.2) is 67.3 Å². The van der Waals surface area contributed by atoms with Crippen molar-refractivity contribution in [1.82, 2.24) is 9.80 Å². The molecule has 0 radical (unpaired) electrons. The first-order valence-electron chi connectivity index (χ1n) is 12.9. The zero-order chi connectivity index (χ0) is 27.2. The van der Waals surface area contributed by atoms with Gasteiger partial charge < -0.3 is 9.64 Å². The van der Waals surface area contributed by atoms with Gasteiger partial charge in [-0.05, 0) is 41.5 Å². The number of allylic oxidation sites excluding steroid dienone is 1. The third-order valence-corrected chi connectivity index (χ3v) is 8.55. The monoisotopic (exact) mass is 525 g/mol. The summed E-state index contributed by atoms with van der Waals surface area (Å²) in [7, 11) is -0.670. The number of hydrogen-bond donors (Lipinski definition) is 1. The van der Waals surface area contributed by atoms with Crippen LogP contribution < -0.4 is 4.74 Å². The van der Waals surface area contributed by atoms with Gasteiger partial charge in [-0.2, -0.15) is 4.89 Å². The number of benzene rings is 2. The maximum Gasteiger partial charge on any atom is 0.513 e. The van der Waals surface area contributed by atoms with Gasteiger partial charge in [-0.1, -0.05) is 75.7 Å². The van der Waals surface area contributed by atoms with E-state index in [4.69, 9.17) is 4.74 Å². The number of amides is 3. The number of urea groups is 1. The summed E-state index contributed by atoms with van der Waals surface area (Å²) in [4.78, 5) is 39.7. The Bertz CT molecular complexity index is 1100. The Labute approximate surface area is 221 Å². The van der Waals surface area contributed by atoms with Gasteiger partial charge in [0.05, 0.1) is 6.04 Å². The zero-order valence-corrected chi connectivity index (χ0v) is 23.1. The number of carbonyl (C=O) groups is 2. The molecule has 4 unspecified atom stereocenters. The van der Waals surface area contributed by atoms with E-state index in [0.29, 0.717) is 30.6 Å². The molecule has 4 atom stereocenters. The molecule has 2 aromatic carbocycles. The van der Waals surface area contributed by atoms with E-state index < -0.39 is 25.3 Å². The fraction of sp³-hybridized carbons (Fsp3) is 0.448. The summed E-state index contributed by atoms with van der Waals surface area (Å²) in [5, 5.41) is 0. The molecule has 2 aromatic rings. The number of imide groups is 1. The minimum atomic E-state index is -2.41. The molecule has 7 nitrogen and oxygen atoms in total. The van der Waals surface area contributed by atoms with Crippen molar-refractivity contribution in [1.29, 1.82) is 0 Å². The molecule has 3 rings (SSSR count). The van der Waals surface area contributed by atoms with Crippen molar-refractivity contribution in [3.63, 3.8) is 0 Å². The third-order valence-electron chi connectivity index (χ3n) is 7.50. The van der Waals surface area contributed by atoms with E-state index >= 15 is 0 Å². The van der Waals surface area contributed by atoms with Crippen molar-refractivity contribution in [3.05, 3.63) is 78.4 Å². The summed E-state index contributed by atoms with van der Waals surface area (Å²) in [6.45, 7) is 9.62. The molecule has 1 saturated heterocycles. The van der Waals surface area contributed by atoms with Gasteiger partial charge in [0, 0.05) is 19.0 Å². The van der Waals surface area contributed by atoms with Crippen molar-refractivity contribution in [2.24, 2.45) is 5.41 Å². The van der Waals surface area contributed by atoms with Gasteiger partial charge in [0.2, 0.25) is 11.6 Å². The van der Waals surface area contributed by atoms with Crippen LogP contribution in [-0.4, -0.2) is 39.9 Å². The van der Waals surface area contributed by atoms with Gasteiger partial charge in [0.1, 0.15) is 11.2 Å². The van der Waals surface area contributed by atoms with Crippen LogP contribution in [0.25, 0.3) is 0 Å². The Morgan fingerprint density at radius 2 is 1.76 bits per heavy atom. The van der Waals surface area contributed by atoms with E-state index in [9.17, 15) is 19.0 Å². The molecule has 198 valence electrons. The molecule has 3 amide bonds. The van der Waals surface area contributed by atoms with Crippen LogP contribution in [0.2, 0.25) is 0 Å². The maximum atomic E-state index is 13.7. The summed E-state index contributed by atoms with van der Waals surface area (Å²) < 4.78 is 18.1. The van der Waals surface area contributed by atoms with Crippen molar-refractivity contribution in [2.45, 2.75) is 70.8 Å². The Morgan fingerprint density at radius 3 is 2.27 bits per heavy atom. The van der Waals surface area contributed by atoms with Gasteiger partial charge in [0.15, 0.2) is 6.23 Å². The highest BCUT2D eigenvalue weighted by atomic mass is 31.1. The van der Waals surface area contributed by atoms with Crippen LogP contribution in [-0.2, 0) is 9.36 Å². The Balaban J connectivity index is 1.88. The Hall–Kier alpha value is -3.02. The van der Waals surface area contributed by atoms with Crippen molar-refractivity contribution >= 4 is 20.0 Å². The molecule has 0 aromatic heterocycles. The number of hydrogen-bond acceptors (Lipinski definition) is 4. The lowest BCUT2D eigenvalue weighted by atomic mass is 9.72. The van der Waals surface area contributed by atoms with Gasteiger partial charge in [-0.3, -0.25) is 4.79 Å². The van der Waals surface area contributed by atoms with E-state index in [2.05, 4.69) is 13.5 Å². The molecule has 8 heteroatoms. The summed E-state index contributed by atoms with van der Waals surface area (Å²) in [6.07, 6.45) is 4.00. The number of ether oxygens (including phenoxy) is 1. The highest BCUT2D eigenvalue weighted by Gasteiger charge is 2.63. The number of carbonyl (C=O) groups excluding carboxylic acids is 2.